The summed E-state index contributed by atoms with van der Waals surface area (Å²) in [5, 5.41) is 0. The second-order valence-corrected chi connectivity index (χ2v) is 5.87. The summed E-state index contributed by atoms with van der Waals surface area (Å²) in [5.74, 6) is -0.437. The van der Waals surface area contributed by atoms with Crippen molar-refractivity contribution in [2.24, 2.45) is 0 Å². The van der Waals surface area contributed by atoms with Crippen LogP contribution in [0.3, 0.4) is 0 Å². The average Bonchev–Trinajstić information content (AvgIpc) is 2.24. The van der Waals surface area contributed by atoms with Gasteiger partial charge in [0.25, 0.3) is 10.1 Å². The monoisotopic (exact) mass is 295 g/mol. The SMILES string of the molecule is C=C(C)C(=O)OCC.CN(C)CCCCS(=O)(=O)O. The van der Waals surface area contributed by atoms with Gasteiger partial charge in [-0.05, 0) is 47.3 Å². The zero-order valence-electron chi connectivity index (χ0n) is 12.2. The highest BCUT2D eigenvalue weighted by atomic mass is 32.2. The van der Waals surface area contributed by atoms with E-state index >= 15 is 0 Å². The van der Waals surface area contributed by atoms with Crippen molar-refractivity contribution in [1.82, 2.24) is 4.90 Å². The number of carbonyl (C=O) groups is 1. The van der Waals surface area contributed by atoms with Gasteiger partial charge >= 0.3 is 5.97 Å². The first-order valence-corrected chi connectivity index (χ1v) is 7.63. The lowest BCUT2D eigenvalue weighted by atomic mass is 10.3. The van der Waals surface area contributed by atoms with Crippen molar-refractivity contribution in [1.29, 1.82) is 0 Å². The number of esters is 1. The van der Waals surface area contributed by atoms with Crippen LogP contribution in [0.15, 0.2) is 12.2 Å². The predicted molar refractivity (Wildman–Crippen MR) is 75.7 cm³/mol. The fraction of sp³-hybridized carbons (Fsp3) is 0.750. The van der Waals surface area contributed by atoms with Gasteiger partial charge in [-0.15, -0.1) is 0 Å². The highest BCUT2D eigenvalue weighted by Crippen LogP contribution is 1.94. The van der Waals surface area contributed by atoms with Crippen LogP contribution >= 0.6 is 0 Å². The average molecular weight is 295 g/mol. The zero-order chi connectivity index (χ0) is 15.5. The Morgan fingerprint density at radius 3 is 2.11 bits per heavy atom. The van der Waals surface area contributed by atoms with E-state index in [1.54, 1.807) is 13.8 Å². The molecule has 0 aromatic heterocycles. The van der Waals surface area contributed by atoms with Gasteiger partial charge in [0.2, 0.25) is 0 Å². The van der Waals surface area contributed by atoms with Gasteiger partial charge in [-0.1, -0.05) is 6.58 Å². The molecule has 0 radical (unpaired) electrons. The van der Waals surface area contributed by atoms with Crippen LogP contribution < -0.4 is 0 Å². The molecule has 0 saturated carbocycles. The number of hydrogen-bond donors (Lipinski definition) is 1. The van der Waals surface area contributed by atoms with E-state index in [1.807, 2.05) is 19.0 Å². The fourth-order valence-corrected chi connectivity index (χ4v) is 1.54. The summed E-state index contributed by atoms with van der Waals surface area (Å²) < 4.78 is 33.3. The topological polar surface area (TPSA) is 83.9 Å². The number of hydrogen-bond acceptors (Lipinski definition) is 5. The van der Waals surface area contributed by atoms with Gasteiger partial charge in [-0.2, -0.15) is 8.42 Å². The van der Waals surface area contributed by atoms with E-state index in [-0.39, 0.29) is 11.7 Å². The van der Waals surface area contributed by atoms with Crippen LogP contribution in [0.5, 0.6) is 0 Å². The molecule has 1 N–H and O–H groups in total. The van der Waals surface area contributed by atoms with E-state index in [1.165, 1.54) is 0 Å². The molecule has 6 nitrogen and oxygen atoms in total. The summed E-state index contributed by atoms with van der Waals surface area (Å²) in [5.41, 5.74) is 0.451. The van der Waals surface area contributed by atoms with Gasteiger partial charge in [0, 0.05) is 5.57 Å². The molecule has 19 heavy (non-hydrogen) atoms. The first-order valence-electron chi connectivity index (χ1n) is 6.02. The van der Waals surface area contributed by atoms with Crippen LogP contribution in [-0.4, -0.2) is 56.8 Å². The van der Waals surface area contributed by atoms with Crippen molar-refractivity contribution in [2.75, 3.05) is 33.0 Å². The van der Waals surface area contributed by atoms with Crippen LogP contribution in [0, 0.1) is 0 Å². The third-order valence-electron chi connectivity index (χ3n) is 1.88. The third-order valence-corrected chi connectivity index (χ3v) is 2.69. The molecule has 0 fully saturated rings. The summed E-state index contributed by atoms with van der Waals surface area (Å²) in [4.78, 5) is 12.4. The van der Waals surface area contributed by atoms with Crippen LogP contribution in [0.25, 0.3) is 0 Å². The van der Waals surface area contributed by atoms with Gasteiger partial charge in [-0.3, -0.25) is 4.55 Å². The summed E-state index contributed by atoms with van der Waals surface area (Å²) in [6.07, 6.45) is 1.32. The lowest BCUT2D eigenvalue weighted by Gasteiger charge is -2.07. The van der Waals surface area contributed by atoms with Crippen molar-refractivity contribution >= 4 is 16.1 Å². The summed E-state index contributed by atoms with van der Waals surface area (Å²) in [6.45, 7) is 8.07. The molecule has 0 aliphatic carbocycles. The lowest BCUT2D eigenvalue weighted by Crippen LogP contribution is -2.14. The molecule has 0 aliphatic heterocycles. The van der Waals surface area contributed by atoms with Gasteiger partial charge in [0.1, 0.15) is 0 Å². The van der Waals surface area contributed by atoms with E-state index in [9.17, 15) is 13.2 Å². The largest absolute Gasteiger partial charge is 0.463 e. The maximum atomic E-state index is 10.4. The molecule has 0 spiro atoms. The Labute approximate surface area is 116 Å². The molecule has 114 valence electrons. The Morgan fingerprint density at radius 2 is 1.84 bits per heavy atom. The van der Waals surface area contributed by atoms with E-state index < -0.39 is 10.1 Å². The predicted octanol–water partition coefficient (Wildman–Crippen LogP) is 1.34. The summed E-state index contributed by atoms with van der Waals surface area (Å²) >= 11 is 0. The molecule has 0 rings (SSSR count). The molecule has 0 aromatic rings. The molecule has 0 heterocycles. The molecular formula is C12H25NO5S. The molecule has 0 unspecified atom stereocenters. The minimum atomic E-state index is -3.74. The highest BCUT2D eigenvalue weighted by Gasteiger charge is 2.02. The Balaban J connectivity index is 0. The van der Waals surface area contributed by atoms with Gasteiger partial charge in [0.05, 0.1) is 12.4 Å². The Kier molecular flexibility index (Phi) is 11.8. The summed E-state index contributed by atoms with van der Waals surface area (Å²) in [6, 6.07) is 0. The minimum absolute atomic E-state index is 0.124. The lowest BCUT2D eigenvalue weighted by molar-refractivity contribution is -0.138. The molecule has 0 saturated heterocycles. The number of nitrogens with zero attached hydrogens (tertiary/aromatic N) is 1. The van der Waals surface area contributed by atoms with Crippen molar-refractivity contribution in [3.63, 3.8) is 0 Å². The van der Waals surface area contributed by atoms with Crippen LogP contribution in [-0.2, 0) is 19.6 Å². The molecule has 0 atom stereocenters. The zero-order valence-corrected chi connectivity index (χ0v) is 13.0. The molecule has 7 heteroatoms. The Bertz CT molecular complexity index is 362. The number of rotatable bonds is 7. The van der Waals surface area contributed by atoms with Crippen LogP contribution in [0.4, 0.5) is 0 Å². The number of unbranched alkanes of at least 4 members (excludes halogenated alkanes) is 1. The number of carbonyl (C=O) groups excluding carboxylic acids is 1. The van der Waals surface area contributed by atoms with E-state index in [0.29, 0.717) is 18.6 Å². The first kappa shape index (κ1) is 20.4. The standard InChI is InChI=1S/C6H15NO3S.C6H10O2/c1-7(2)5-3-4-6-11(8,9)10;1-4-8-6(7)5(2)3/h3-6H2,1-2H3,(H,8,9,10);2,4H2,1,3H3. The van der Waals surface area contributed by atoms with Gasteiger partial charge < -0.3 is 9.64 Å². The van der Waals surface area contributed by atoms with Crippen molar-refractivity contribution in [2.45, 2.75) is 26.7 Å². The first-order chi connectivity index (χ1) is 8.60. The normalized spacial score (nSPS) is 10.6. The molecule has 0 aromatic carbocycles. The maximum Gasteiger partial charge on any atom is 0.333 e. The molecular weight excluding hydrogens is 270 g/mol. The number of ether oxygens (including phenoxy) is 1. The van der Waals surface area contributed by atoms with E-state index in [2.05, 4.69) is 11.3 Å². The second kappa shape index (κ2) is 11.0. The van der Waals surface area contributed by atoms with Crippen LogP contribution in [0.1, 0.15) is 26.7 Å². The Morgan fingerprint density at radius 1 is 1.32 bits per heavy atom. The maximum absolute atomic E-state index is 10.4. The Hall–Kier alpha value is -0.920. The summed E-state index contributed by atoms with van der Waals surface area (Å²) in [7, 11) is 0.108. The molecule has 0 bridgehead atoms. The van der Waals surface area contributed by atoms with E-state index in [4.69, 9.17) is 4.55 Å². The van der Waals surface area contributed by atoms with Gasteiger partial charge in [-0.25, -0.2) is 4.79 Å². The van der Waals surface area contributed by atoms with Crippen LogP contribution in [0.2, 0.25) is 0 Å². The second-order valence-electron chi connectivity index (χ2n) is 4.30. The smallest absolute Gasteiger partial charge is 0.333 e. The highest BCUT2D eigenvalue weighted by molar-refractivity contribution is 7.85. The van der Waals surface area contributed by atoms with Crippen molar-refractivity contribution in [3.8, 4) is 0 Å². The molecule has 0 aliphatic rings. The van der Waals surface area contributed by atoms with E-state index in [0.717, 1.165) is 13.0 Å². The van der Waals surface area contributed by atoms with Gasteiger partial charge in [0.15, 0.2) is 0 Å². The van der Waals surface area contributed by atoms with Crippen molar-refractivity contribution < 1.29 is 22.5 Å². The van der Waals surface area contributed by atoms with Crippen molar-refractivity contribution in [3.05, 3.63) is 12.2 Å². The molecule has 0 amide bonds. The third kappa shape index (κ3) is 19.6. The fourth-order valence-electron chi connectivity index (χ4n) is 0.967. The minimum Gasteiger partial charge on any atom is -0.463 e. The quantitative estimate of drug-likeness (QED) is 0.330.